The number of carbonyl (C=O) groups excluding carboxylic acids is 1. The molecule has 1 rings (SSSR count). The van der Waals surface area contributed by atoms with E-state index in [2.05, 4.69) is 4.90 Å². The Kier molecular flexibility index (Phi) is 5.63. The summed E-state index contributed by atoms with van der Waals surface area (Å²) in [4.78, 5) is 16.0. The highest BCUT2D eigenvalue weighted by Gasteiger charge is 2.17. The lowest BCUT2D eigenvalue weighted by atomic mass is 10.1. The summed E-state index contributed by atoms with van der Waals surface area (Å²) in [5, 5.41) is 0. The lowest BCUT2D eigenvalue weighted by Gasteiger charge is -2.25. The van der Waals surface area contributed by atoms with Crippen LogP contribution in [0.2, 0.25) is 0 Å². The Morgan fingerprint density at radius 3 is 2.53 bits per heavy atom. The molecular formula is C14H23N3O2. The number of nitrogens with two attached hydrogens (primary N) is 1. The summed E-state index contributed by atoms with van der Waals surface area (Å²) < 4.78 is 5.07. The number of nitrogen functional groups attached to an aromatic ring is 1. The van der Waals surface area contributed by atoms with Gasteiger partial charge in [-0.2, -0.15) is 0 Å². The van der Waals surface area contributed by atoms with Gasteiger partial charge in [0.1, 0.15) is 0 Å². The third-order valence-corrected chi connectivity index (χ3v) is 2.83. The van der Waals surface area contributed by atoms with E-state index in [4.69, 9.17) is 10.5 Å². The van der Waals surface area contributed by atoms with Crippen LogP contribution in [0.25, 0.3) is 0 Å². The third kappa shape index (κ3) is 4.13. The Morgan fingerprint density at radius 2 is 1.95 bits per heavy atom. The van der Waals surface area contributed by atoms with E-state index < -0.39 is 0 Å². The van der Waals surface area contributed by atoms with Crippen molar-refractivity contribution in [3.05, 3.63) is 23.8 Å². The second-order valence-electron chi connectivity index (χ2n) is 4.69. The average Bonchev–Trinajstić information content (AvgIpc) is 2.35. The maximum Gasteiger partial charge on any atom is 0.340 e. The fourth-order valence-corrected chi connectivity index (χ4v) is 1.82. The molecule has 0 saturated carbocycles. The van der Waals surface area contributed by atoms with Crippen molar-refractivity contribution in [3.63, 3.8) is 0 Å². The van der Waals surface area contributed by atoms with Gasteiger partial charge >= 0.3 is 5.97 Å². The van der Waals surface area contributed by atoms with Gasteiger partial charge in [0, 0.05) is 20.1 Å². The van der Waals surface area contributed by atoms with Gasteiger partial charge in [-0.1, -0.05) is 6.07 Å². The largest absolute Gasteiger partial charge is 0.462 e. The predicted octanol–water partition coefficient (Wildman–Crippen LogP) is 1.44. The minimum absolute atomic E-state index is 0.332. The summed E-state index contributed by atoms with van der Waals surface area (Å²) in [5.41, 5.74) is 7.84. The fraction of sp³-hybridized carbons (Fsp3) is 0.500. The molecule has 19 heavy (non-hydrogen) atoms. The molecule has 0 aromatic heterocycles. The second-order valence-corrected chi connectivity index (χ2v) is 4.69. The normalized spacial score (nSPS) is 10.6. The lowest BCUT2D eigenvalue weighted by Crippen LogP contribution is -2.30. The van der Waals surface area contributed by atoms with Crippen molar-refractivity contribution in [2.75, 3.05) is 51.5 Å². The zero-order valence-electron chi connectivity index (χ0n) is 12.1. The van der Waals surface area contributed by atoms with Gasteiger partial charge < -0.3 is 20.3 Å². The van der Waals surface area contributed by atoms with Gasteiger partial charge in [-0.05, 0) is 33.2 Å². The molecule has 0 atom stereocenters. The number of likely N-dealkylation sites (N-methyl/N-ethyl adjacent to an activating group) is 2. The van der Waals surface area contributed by atoms with Gasteiger partial charge in [-0.25, -0.2) is 4.79 Å². The van der Waals surface area contributed by atoms with Crippen molar-refractivity contribution in [2.24, 2.45) is 0 Å². The van der Waals surface area contributed by atoms with Gasteiger partial charge in [0.2, 0.25) is 0 Å². The van der Waals surface area contributed by atoms with E-state index in [0.29, 0.717) is 17.9 Å². The van der Waals surface area contributed by atoms with Crippen molar-refractivity contribution in [2.45, 2.75) is 6.92 Å². The monoisotopic (exact) mass is 265 g/mol. The van der Waals surface area contributed by atoms with Crippen LogP contribution in [0.5, 0.6) is 0 Å². The Morgan fingerprint density at radius 1 is 1.26 bits per heavy atom. The van der Waals surface area contributed by atoms with Crippen molar-refractivity contribution < 1.29 is 9.53 Å². The first-order chi connectivity index (χ1) is 8.97. The molecule has 0 saturated heterocycles. The molecule has 106 valence electrons. The molecule has 0 aliphatic heterocycles. The first-order valence-corrected chi connectivity index (χ1v) is 6.38. The smallest absolute Gasteiger partial charge is 0.340 e. The zero-order valence-corrected chi connectivity index (χ0v) is 12.1. The van der Waals surface area contributed by atoms with Crippen LogP contribution < -0.4 is 10.6 Å². The molecule has 0 fully saturated rings. The second kappa shape index (κ2) is 6.99. The maximum atomic E-state index is 11.9. The summed E-state index contributed by atoms with van der Waals surface area (Å²) in [7, 11) is 5.95. The van der Waals surface area contributed by atoms with Gasteiger partial charge in [0.15, 0.2) is 0 Å². The molecule has 5 nitrogen and oxygen atoms in total. The van der Waals surface area contributed by atoms with Crippen molar-refractivity contribution in [1.82, 2.24) is 4.90 Å². The van der Waals surface area contributed by atoms with E-state index in [1.165, 1.54) is 0 Å². The minimum atomic E-state index is -0.332. The number of rotatable bonds is 6. The van der Waals surface area contributed by atoms with Crippen LogP contribution in [0.15, 0.2) is 18.2 Å². The molecule has 0 heterocycles. The number of anilines is 2. The van der Waals surface area contributed by atoms with Crippen LogP contribution in [0.3, 0.4) is 0 Å². The molecule has 0 spiro atoms. The van der Waals surface area contributed by atoms with Crippen molar-refractivity contribution in [3.8, 4) is 0 Å². The third-order valence-electron chi connectivity index (χ3n) is 2.83. The number of para-hydroxylation sites is 1. The van der Waals surface area contributed by atoms with Crippen LogP contribution in [-0.4, -0.2) is 51.7 Å². The number of carbonyl (C=O) groups is 1. The van der Waals surface area contributed by atoms with Crippen LogP contribution in [0.4, 0.5) is 11.4 Å². The Bertz CT molecular complexity index is 433. The summed E-state index contributed by atoms with van der Waals surface area (Å²) in [5.74, 6) is -0.332. The summed E-state index contributed by atoms with van der Waals surface area (Å²) in [6, 6.07) is 5.31. The molecule has 0 aliphatic carbocycles. The molecule has 5 heteroatoms. The van der Waals surface area contributed by atoms with E-state index >= 15 is 0 Å². The topological polar surface area (TPSA) is 58.8 Å². The van der Waals surface area contributed by atoms with Crippen LogP contribution in [0.1, 0.15) is 17.3 Å². The number of nitrogens with zero attached hydrogens (tertiary/aromatic N) is 2. The highest BCUT2D eigenvalue weighted by Crippen LogP contribution is 2.27. The van der Waals surface area contributed by atoms with Crippen LogP contribution in [-0.2, 0) is 4.74 Å². The van der Waals surface area contributed by atoms with Gasteiger partial charge in [0.25, 0.3) is 0 Å². The van der Waals surface area contributed by atoms with Crippen LogP contribution >= 0.6 is 0 Å². The van der Waals surface area contributed by atoms with Gasteiger partial charge in [-0.15, -0.1) is 0 Å². The van der Waals surface area contributed by atoms with E-state index in [9.17, 15) is 4.79 Å². The summed E-state index contributed by atoms with van der Waals surface area (Å²) in [6.07, 6.45) is 0. The average molecular weight is 265 g/mol. The molecule has 2 N–H and O–H groups in total. The molecule has 0 amide bonds. The maximum absolute atomic E-state index is 11.9. The fourth-order valence-electron chi connectivity index (χ4n) is 1.82. The van der Waals surface area contributed by atoms with Crippen molar-refractivity contribution in [1.29, 1.82) is 0 Å². The molecule has 0 bridgehead atoms. The van der Waals surface area contributed by atoms with E-state index in [1.807, 2.05) is 26.0 Å². The van der Waals surface area contributed by atoms with E-state index in [0.717, 1.165) is 18.8 Å². The standard InChI is InChI=1S/C14H23N3O2/c1-5-19-14(18)11-7-6-8-12(15)13(11)17(4)10-9-16(2)3/h6-8H,5,9-10,15H2,1-4H3. The SMILES string of the molecule is CCOC(=O)c1cccc(N)c1N(C)CCN(C)C. The minimum Gasteiger partial charge on any atom is -0.462 e. The number of esters is 1. The quantitative estimate of drug-likeness (QED) is 0.623. The highest BCUT2D eigenvalue weighted by molar-refractivity contribution is 5.99. The molecule has 1 aromatic carbocycles. The van der Waals surface area contributed by atoms with E-state index in [1.54, 1.807) is 25.1 Å². The number of benzene rings is 1. The Hall–Kier alpha value is -1.75. The van der Waals surface area contributed by atoms with Gasteiger partial charge in [0.05, 0.1) is 23.5 Å². The number of hydrogen-bond donors (Lipinski definition) is 1. The molecule has 0 aliphatic rings. The predicted molar refractivity (Wildman–Crippen MR) is 78.6 cm³/mol. The van der Waals surface area contributed by atoms with E-state index in [-0.39, 0.29) is 5.97 Å². The summed E-state index contributed by atoms with van der Waals surface area (Å²) in [6.45, 7) is 3.81. The molecule has 0 radical (unpaired) electrons. The summed E-state index contributed by atoms with van der Waals surface area (Å²) >= 11 is 0. The van der Waals surface area contributed by atoms with Crippen molar-refractivity contribution >= 4 is 17.3 Å². The Labute approximate surface area is 114 Å². The number of hydrogen-bond acceptors (Lipinski definition) is 5. The Balaban J connectivity index is 3.00. The zero-order chi connectivity index (χ0) is 14.4. The first-order valence-electron chi connectivity index (χ1n) is 6.38. The lowest BCUT2D eigenvalue weighted by molar-refractivity contribution is 0.0527. The molecular weight excluding hydrogens is 242 g/mol. The molecule has 1 aromatic rings. The molecule has 0 unspecified atom stereocenters. The number of ether oxygens (including phenoxy) is 1. The first kappa shape index (κ1) is 15.3. The van der Waals surface area contributed by atoms with Gasteiger partial charge in [-0.3, -0.25) is 0 Å². The highest BCUT2D eigenvalue weighted by atomic mass is 16.5. The van der Waals surface area contributed by atoms with Crippen LogP contribution in [0, 0.1) is 0 Å².